The highest BCUT2D eigenvalue weighted by Crippen LogP contribution is 2.26. The molecule has 0 unspecified atom stereocenters. The number of halogens is 1. The molecule has 30 heavy (non-hydrogen) atoms. The Hall–Kier alpha value is -3.85. The second-order valence-corrected chi connectivity index (χ2v) is 6.55. The molecule has 0 bridgehead atoms. The van der Waals surface area contributed by atoms with Gasteiger partial charge in [-0.3, -0.25) is 5.10 Å². The Morgan fingerprint density at radius 2 is 1.90 bits per heavy atom. The molecule has 0 saturated carbocycles. The Morgan fingerprint density at radius 1 is 1.07 bits per heavy atom. The molecular weight excluding hydrogens is 406 g/mol. The summed E-state index contributed by atoms with van der Waals surface area (Å²) in [6.07, 6.45) is 0. The first kappa shape index (κ1) is 19.5. The number of hydrogen-bond acceptors (Lipinski definition) is 8. The summed E-state index contributed by atoms with van der Waals surface area (Å²) in [6.45, 7) is 2.27. The number of benzene rings is 2. The summed E-state index contributed by atoms with van der Waals surface area (Å²) < 4.78 is 11.0. The largest absolute Gasteiger partial charge is 0.464 e. The minimum atomic E-state index is 0.172. The van der Waals surface area contributed by atoms with Crippen LogP contribution in [0.25, 0.3) is 11.4 Å². The van der Waals surface area contributed by atoms with Gasteiger partial charge in [0.05, 0.1) is 6.61 Å². The van der Waals surface area contributed by atoms with Crippen LogP contribution in [0.3, 0.4) is 0 Å². The van der Waals surface area contributed by atoms with Crippen LogP contribution < -0.4 is 20.5 Å². The Kier molecular flexibility index (Phi) is 5.62. The van der Waals surface area contributed by atoms with Crippen molar-refractivity contribution in [3.63, 3.8) is 0 Å². The standard InChI is InChI=1S/C20H18ClN7O2/c1-2-29-20-24-16(22)11-17(25-20)30-15-8-6-12(7-9-15)18-26-19(28-27-18)23-14-5-3-4-13(21)10-14/h3-11H,2H2,1H3,(H2,22,24,25)(H2,23,26,27,28). The lowest BCUT2D eigenvalue weighted by Gasteiger charge is -2.08. The normalized spacial score (nSPS) is 10.6. The molecular formula is C20H18ClN7O2. The molecule has 0 saturated heterocycles. The van der Waals surface area contributed by atoms with Crippen molar-refractivity contribution in [3.05, 3.63) is 59.6 Å². The van der Waals surface area contributed by atoms with Crippen LogP contribution in [-0.2, 0) is 0 Å². The van der Waals surface area contributed by atoms with Gasteiger partial charge in [-0.15, -0.1) is 5.10 Å². The molecule has 0 fully saturated rings. The molecule has 2 aromatic carbocycles. The summed E-state index contributed by atoms with van der Waals surface area (Å²) in [6, 6.07) is 16.3. The lowest BCUT2D eigenvalue weighted by molar-refractivity contribution is 0.307. The van der Waals surface area contributed by atoms with Gasteiger partial charge in [-0.25, -0.2) is 0 Å². The van der Waals surface area contributed by atoms with Gasteiger partial charge in [0.25, 0.3) is 0 Å². The topological polar surface area (TPSA) is 124 Å². The zero-order chi connectivity index (χ0) is 20.9. The van der Waals surface area contributed by atoms with E-state index in [2.05, 4.69) is 30.5 Å². The van der Waals surface area contributed by atoms with E-state index in [0.717, 1.165) is 11.3 Å². The van der Waals surface area contributed by atoms with Crippen molar-refractivity contribution >= 4 is 29.1 Å². The van der Waals surface area contributed by atoms with E-state index in [9.17, 15) is 0 Å². The molecule has 4 N–H and O–H groups in total. The number of nitrogens with two attached hydrogens (primary N) is 1. The minimum Gasteiger partial charge on any atom is -0.464 e. The number of hydrogen-bond donors (Lipinski definition) is 3. The first-order valence-corrected chi connectivity index (χ1v) is 9.47. The van der Waals surface area contributed by atoms with Crippen LogP contribution in [0.1, 0.15) is 6.92 Å². The molecule has 0 atom stereocenters. The lowest BCUT2D eigenvalue weighted by Crippen LogP contribution is -2.01. The van der Waals surface area contributed by atoms with Crippen molar-refractivity contribution in [1.29, 1.82) is 0 Å². The quantitative estimate of drug-likeness (QED) is 0.398. The number of nitrogens with zero attached hydrogens (tertiary/aromatic N) is 4. The zero-order valence-electron chi connectivity index (χ0n) is 16.0. The fraction of sp³-hybridized carbons (Fsp3) is 0.100. The average molecular weight is 424 g/mol. The molecule has 0 aliphatic heterocycles. The Labute approximate surface area is 177 Å². The van der Waals surface area contributed by atoms with Crippen molar-refractivity contribution in [2.24, 2.45) is 0 Å². The van der Waals surface area contributed by atoms with Gasteiger partial charge in [0.2, 0.25) is 11.8 Å². The summed E-state index contributed by atoms with van der Waals surface area (Å²) in [7, 11) is 0. The molecule has 4 aromatic rings. The maximum atomic E-state index is 6.00. The third kappa shape index (κ3) is 4.76. The first-order valence-electron chi connectivity index (χ1n) is 9.09. The highest BCUT2D eigenvalue weighted by atomic mass is 35.5. The van der Waals surface area contributed by atoms with E-state index < -0.39 is 0 Å². The molecule has 2 aromatic heterocycles. The van der Waals surface area contributed by atoms with E-state index in [-0.39, 0.29) is 11.8 Å². The van der Waals surface area contributed by atoms with Crippen LogP contribution in [-0.4, -0.2) is 31.8 Å². The maximum absolute atomic E-state index is 6.00. The SMILES string of the molecule is CCOc1nc(N)cc(Oc2ccc(-c3nc(Nc4cccc(Cl)c4)n[nH]3)cc2)n1. The smallest absolute Gasteiger partial charge is 0.321 e. The number of H-pyrrole nitrogens is 1. The van der Waals surface area contributed by atoms with E-state index in [1.807, 2.05) is 31.2 Å². The average Bonchev–Trinajstić information content (AvgIpc) is 3.17. The lowest BCUT2D eigenvalue weighted by atomic mass is 10.2. The second-order valence-electron chi connectivity index (χ2n) is 6.12. The van der Waals surface area contributed by atoms with Gasteiger partial charge in [0, 0.05) is 22.3 Å². The van der Waals surface area contributed by atoms with Crippen molar-refractivity contribution in [2.75, 3.05) is 17.7 Å². The molecule has 0 aliphatic carbocycles. The van der Waals surface area contributed by atoms with Crippen LogP contribution in [0, 0.1) is 0 Å². The molecule has 0 aliphatic rings. The van der Waals surface area contributed by atoms with Crippen molar-refractivity contribution in [1.82, 2.24) is 25.1 Å². The van der Waals surface area contributed by atoms with Gasteiger partial charge in [-0.2, -0.15) is 15.0 Å². The molecule has 0 amide bonds. The third-order valence-electron chi connectivity index (χ3n) is 3.89. The Morgan fingerprint density at radius 3 is 2.67 bits per heavy atom. The highest BCUT2D eigenvalue weighted by Gasteiger charge is 2.09. The van der Waals surface area contributed by atoms with Gasteiger partial charge < -0.3 is 20.5 Å². The molecule has 0 spiro atoms. The number of rotatable bonds is 7. The van der Waals surface area contributed by atoms with Gasteiger partial charge in [0.15, 0.2) is 5.82 Å². The number of aromatic amines is 1. The third-order valence-corrected chi connectivity index (χ3v) is 4.13. The van der Waals surface area contributed by atoms with Crippen LogP contribution >= 0.6 is 11.6 Å². The fourth-order valence-corrected chi connectivity index (χ4v) is 2.80. The molecule has 4 rings (SSSR count). The summed E-state index contributed by atoms with van der Waals surface area (Å²) in [5.41, 5.74) is 7.40. The van der Waals surface area contributed by atoms with E-state index >= 15 is 0 Å². The summed E-state index contributed by atoms with van der Waals surface area (Å²) in [4.78, 5) is 12.6. The van der Waals surface area contributed by atoms with Crippen molar-refractivity contribution < 1.29 is 9.47 Å². The van der Waals surface area contributed by atoms with Gasteiger partial charge in [-0.1, -0.05) is 17.7 Å². The van der Waals surface area contributed by atoms with Gasteiger partial charge in [0.1, 0.15) is 11.6 Å². The van der Waals surface area contributed by atoms with E-state index in [1.165, 1.54) is 6.07 Å². The van der Waals surface area contributed by atoms with E-state index in [0.29, 0.717) is 35.0 Å². The van der Waals surface area contributed by atoms with Crippen LogP contribution in [0.15, 0.2) is 54.6 Å². The van der Waals surface area contributed by atoms with Gasteiger partial charge in [-0.05, 0) is 49.4 Å². The summed E-state index contributed by atoms with van der Waals surface area (Å²) in [5, 5.41) is 10.8. The monoisotopic (exact) mass is 423 g/mol. The Bertz CT molecular complexity index is 1150. The predicted octanol–water partition coefficient (Wildman–Crippen LogP) is 4.43. The number of nitrogens with one attached hydrogen (secondary N) is 2. The van der Waals surface area contributed by atoms with E-state index in [4.69, 9.17) is 26.8 Å². The molecule has 0 radical (unpaired) electrons. The number of aromatic nitrogens is 5. The van der Waals surface area contributed by atoms with Crippen molar-refractivity contribution in [2.45, 2.75) is 6.92 Å². The molecule has 9 nitrogen and oxygen atoms in total. The number of anilines is 3. The van der Waals surface area contributed by atoms with Crippen LogP contribution in [0.4, 0.5) is 17.5 Å². The number of nitrogen functional groups attached to an aromatic ring is 1. The maximum Gasteiger partial charge on any atom is 0.321 e. The molecule has 152 valence electrons. The second kappa shape index (κ2) is 8.66. The highest BCUT2D eigenvalue weighted by molar-refractivity contribution is 6.30. The fourth-order valence-electron chi connectivity index (χ4n) is 2.61. The van der Waals surface area contributed by atoms with E-state index in [1.54, 1.807) is 24.3 Å². The first-order chi connectivity index (χ1) is 14.6. The van der Waals surface area contributed by atoms with Crippen LogP contribution in [0.5, 0.6) is 17.6 Å². The molecule has 2 heterocycles. The Balaban J connectivity index is 1.46. The predicted molar refractivity (Wildman–Crippen MR) is 114 cm³/mol. The zero-order valence-corrected chi connectivity index (χ0v) is 16.7. The summed E-state index contributed by atoms with van der Waals surface area (Å²) in [5.74, 6) is 2.19. The number of ether oxygens (including phenoxy) is 2. The van der Waals surface area contributed by atoms with Crippen molar-refractivity contribution in [3.8, 4) is 29.0 Å². The van der Waals surface area contributed by atoms with Crippen LogP contribution in [0.2, 0.25) is 5.02 Å². The summed E-state index contributed by atoms with van der Waals surface area (Å²) >= 11 is 6.00. The minimum absolute atomic E-state index is 0.172. The molecule has 10 heteroatoms. The van der Waals surface area contributed by atoms with Gasteiger partial charge >= 0.3 is 6.01 Å².